The quantitative estimate of drug-likeness (QED) is 0.780. The first-order valence-electron chi connectivity index (χ1n) is 6.27. The number of nitrogens with zero attached hydrogens (tertiary/aromatic N) is 1. The van der Waals surface area contributed by atoms with E-state index in [4.69, 9.17) is 0 Å². The first kappa shape index (κ1) is 12.0. The van der Waals surface area contributed by atoms with E-state index in [-0.39, 0.29) is 17.7 Å². The smallest absolute Gasteiger partial charge is 0.123 e. The van der Waals surface area contributed by atoms with Crippen molar-refractivity contribution in [1.82, 2.24) is 0 Å². The molecule has 2 aromatic rings. The number of hydrogen-bond donors (Lipinski definition) is 0. The Kier molecular flexibility index (Phi) is 3.11. The summed E-state index contributed by atoms with van der Waals surface area (Å²) in [5, 5.41) is 0. The normalized spacial score (nSPS) is 17.3. The average Bonchev–Trinajstić information content (AvgIpc) is 2.41. The van der Waals surface area contributed by atoms with Crippen LogP contribution in [0, 0.1) is 11.6 Å². The van der Waals surface area contributed by atoms with Gasteiger partial charge in [0.1, 0.15) is 11.6 Å². The number of hydrogen-bond acceptors (Lipinski definition) is 1. The molecule has 0 aromatic heterocycles. The number of benzene rings is 2. The van der Waals surface area contributed by atoms with Gasteiger partial charge in [-0.25, -0.2) is 8.78 Å². The molecule has 0 saturated heterocycles. The fourth-order valence-electron chi connectivity index (χ4n) is 2.39. The minimum Gasteiger partial charge on any atom is -0.289 e. The van der Waals surface area contributed by atoms with E-state index in [2.05, 4.69) is 4.99 Å². The summed E-state index contributed by atoms with van der Waals surface area (Å²) in [6.45, 7) is 0. The Morgan fingerprint density at radius 2 is 1.74 bits per heavy atom. The Morgan fingerprint density at radius 1 is 1.00 bits per heavy atom. The summed E-state index contributed by atoms with van der Waals surface area (Å²) < 4.78 is 26.0. The van der Waals surface area contributed by atoms with E-state index in [9.17, 15) is 8.78 Å². The Balaban J connectivity index is 1.77. The molecule has 1 aliphatic heterocycles. The zero-order valence-corrected chi connectivity index (χ0v) is 10.3. The molecule has 1 unspecified atom stereocenters. The maximum Gasteiger partial charge on any atom is 0.123 e. The van der Waals surface area contributed by atoms with Crippen molar-refractivity contribution in [1.29, 1.82) is 0 Å². The lowest BCUT2D eigenvalue weighted by molar-refractivity contribution is 0.613. The summed E-state index contributed by atoms with van der Waals surface area (Å²) >= 11 is 0. The van der Waals surface area contributed by atoms with Crippen LogP contribution in [-0.4, -0.2) is 12.3 Å². The molecular weight excluding hydrogens is 244 g/mol. The molecule has 0 radical (unpaired) electrons. The van der Waals surface area contributed by atoms with Gasteiger partial charge in [0.15, 0.2) is 0 Å². The van der Waals surface area contributed by atoms with Gasteiger partial charge in [0, 0.05) is 6.21 Å². The molecule has 0 bridgehead atoms. The van der Waals surface area contributed by atoms with Gasteiger partial charge >= 0.3 is 0 Å². The summed E-state index contributed by atoms with van der Waals surface area (Å²) in [7, 11) is 0. The van der Waals surface area contributed by atoms with Crippen molar-refractivity contribution < 1.29 is 8.78 Å². The standard InChI is InChI=1S/C16H13F2N/c17-14-4-1-11(2-5-14)7-16-9-13-8-15(18)6-3-12(13)10-19-16/h1-6,8,10,16H,7,9H2. The van der Waals surface area contributed by atoms with Crippen LogP contribution in [0.5, 0.6) is 0 Å². The molecule has 2 aromatic carbocycles. The molecule has 96 valence electrons. The van der Waals surface area contributed by atoms with Gasteiger partial charge in [0.2, 0.25) is 0 Å². The minimum atomic E-state index is -0.233. The van der Waals surface area contributed by atoms with E-state index in [0.29, 0.717) is 0 Å². The van der Waals surface area contributed by atoms with Crippen LogP contribution >= 0.6 is 0 Å². The van der Waals surface area contributed by atoms with Gasteiger partial charge in [-0.2, -0.15) is 0 Å². The highest BCUT2D eigenvalue weighted by Gasteiger charge is 2.16. The van der Waals surface area contributed by atoms with E-state index in [0.717, 1.165) is 29.5 Å². The molecule has 1 heterocycles. The zero-order chi connectivity index (χ0) is 13.2. The molecular formula is C16H13F2N. The van der Waals surface area contributed by atoms with Crippen molar-refractivity contribution >= 4 is 6.21 Å². The van der Waals surface area contributed by atoms with Gasteiger partial charge < -0.3 is 0 Å². The van der Waals surface area contributed by atoms with Crippen LogP contribution in [0.15, 0.2) is 47.5 Å². The fraction of sp³-hybridized carbons (Fsp3) is 0.188. The Hall–Kier alpha value is -2.03. The number of aliphatic imine (C=N–C) groups is 1. The topological polar surface area (TPSA) is 12.4 Å². The fourth-order valence-corrected chi connectivity index (χ4v) is 2.39. The predicted molar refractivity (Wildman–Crippen MR) is 71.6 cm³/mol. The predicted octanol–water partition coefficient (Wildman–Crippen LogP) is 3.55. The second-order valence-electron chi connectivity index (χ2n) is 4.81. The van der Waals surface area contributed by atoms with E-state index in [1.54, 1.807) is 30.5 Å². The second kappa shape index (κ2) is 4.92. The number of rotatable bonds is 2. The lowest BCUT2D eigenvalue weighted by Crippen LogP contribution is -2.18. The number of fused-ring (bicyclic) bond motifs is 1. The van der Waals surface area contributed by atoms with Crippen LogP contribution in [0.1, 0.15) is 16.7 Å². The van der Waals surface area contributed by atoms with Crippen LogP contribution in [0.3, 0.4) is 0 Å². The zero-order valence-electron chi connectivity index (χ0n) is 10.3. The SMILES string of the molecule is Fc1ccc(CC2Cc3cc(F)ccc3C=N2)cc1. The molecule has 0 saturated carbocycles. The molecule has 0 aliphatic carbocycles. The maximum absolute atomic E-state index is 13.2. The molecule has 19 heavy (non-hydrogen) atoms. The van der Waals surface area contributed by atoms with Crippen molar-refractivity contribution in [2.75, 3.05) is 0 Å². The first-order valence-corrected chi connectivity index (χ1v) is 6.27. The summed E-state index contributed by atoms with van der Waals surface area (Å²) in [4.78, 5) is 4.48. The summed E-state index contributed by atoms with van der Waals surface area (Å²) in [5.74, 6) is -0.446. The molecule has 0 amide bonds. The highest BCUT2D eigenvalue weighted by atomic mass is 19.1. The Bertz CT molecular complexity index is 617. The van der Waals surface area contributed by atoms with Crippen molar-refractivity contribution in [3.05, 3.63) is 70.8 Å². The molecule has 0 N–H and O–H groups in total. The van der Waals surface area contributed by atoms with Crippen molar-refractivity contribution in [2.24, 2.45) is 4.99 Å². The van der Waals surface area contributed by atoms with E-state index in [1.165, 1.54) is 18.2 Å². The number of halogens is 2. The minimum absolute atomic E-state index is 0.0970. The van der Waals surface area contributed by atoms with Crippen LogP contribution in [-0.2, 0) is 12.8 Å². The lowest BCUT2D eigenvalue weighted by atomic mass is 9.94. The third-order valence-electron chi connectivity index (χ3n) is 3.37. The summed E-state index contributed by atoms with van der Waals surface area (Å²) in [6.07, 6.45) is 3.26. The first-order chi connectivity index (χ1) is 9.20. The van der Waals surface area contributed by atoms with Crippen LogP contribution in [0.2, 0.25) is 0 Å². The highest BCUT2D eigenvalue weighted by Crippen LogP contribution is 2.20. The molecule has 3 heteroatoms. The largest absolute Gasteiger partial charge is 0.289 e. The monoisotopic (exact) mass is 257 g/mol. The molecule has 0 fully saturated rings. The van der Waals surface area contributed by atoms with Crippen molar-refractivity contribution in [3.63, 3.8) is 0 Å². The lowest BCUT2D eigenvalue weighted by Gasteiger charge is -2.19. The average molecular weight is 257 g/mol. The van der Waals surface area contributed by atoms with Gasteiger partial charge in [-0.15, -0.1) is 0 Å². The second-order valence-corrected chi connectivity index (χ2v) is 4.81. The maximum atomic E-state index is 13.2. The van der Waals surface area contributed by atoms with Crippen molar-refractivity contribution in [2.45, 2.75) is 18.9 Å². The van der Waals surface area contributed by atoms with E-state index >= 15 is 0 Å². The molecule has 1 nitrogen and oxygen atoms in total. The molecule has 3 rings (SSSR count). The van der Waals surface area contributed by atoms with Gasteiger partial charge in [-0.3, -0.25) is 4.99 Å². The molecule has 1 aliphatic rings. The summed E-state index contributed by atoms with van der Waals surface area (Å²) in [5.41, 5.74) is 3.02. The van der Waals surface area contributed by atoms with Gasteiger partial charge in [-0.1, -0.05) is 18.2 Å². The highest BCUT2D eigenvalue weighted by molar-refractivity contribution is 5.83. The van der Waals surface area contributed by atoms with Gasteiger partial charge in [-0.05, 0) is 53.8 Å². The van der Waals surface area contributed by atoms with Crippen LogP contribution < -0.4 is 0 Å². The van der Waals surface area contributed by atoms with E-state index in [1.807, 2.05) is 0 Å². The summed E-state index contributed by atoms with van der Waals surface area (Å²) in [6, 6.07) is 11.3. The molecule has 1 atom stereocenters. The van der Waals surface area contributed by atoms with Crippen LogP contribution in [0.4, 0.5) is 8.78 Å². The molecule has 0 spiro atoms. The van der Waals surface area contributed by atoms with Gasteiger partial charge in [0.25, 0.3) is 0 Å². The third-order valence-corrected chi connectivity index (χ3v) is 3.37. The third kappa shape index (κ3) is 2.70. The van der Waals surface area contributed by atoms with Crippen LogP contribution in [0.25, 0.3) is 0 Å². The van der Waals surface area contributed by atoms with Crippen molar-refractivity contribution in [3.8, 4) is 0 Å². The van der Waals surface area contributed by atoms with E-state index < -0.39 is 0 Å². The Labute approximate surface area is 110 Å². The van der Waals surface area contributed by atoms with Gasteiger partial charge in [0.05, 0.1) is 6.04 Å². The Morgan fingerprint density at radius 3 is 2.53 bits per heavy atom.